The lowest BCUT2D eigenvalue weighted by atomic mass is 10.1. The van der Waals surface area contributed by atoms with Crippen molar-refractivity contribution in [2.75, 3.05) is 19.7 Å². The molecule has 0 saturated heterocycles. The Morgan fingerprint density at radius 1 is 1.47 bits per heavy atom. The number of carbonyl (C=O) groups is 1. The normalized spacial score (nSPS) is 10.8. The van der Waals surface area contributed by atoms with Crippen LogP contribution in [0.15, 0.2) is 27.4 Å². The van der Waals surface area contributed by atoms with Crippen molar-refractivity contribution in [3.63, 3.8) is 0 Å². The number of carbonyl (C=O) groups excluding carboxylic acids is 1. The molecule has 0 fully saturated rings. The van der Waals surface area contributed by atoms with E-state index < -0.39 is 5.76 Å². The van der Waals surface area contributed by atoms with E-state index in [1.54, 1.807) is 13.0 Å². The minimum atomic E-state index is -0.451. The van der Waals surface area contributed by atoms with E-state index in [1.165, 1.54) is 0 Å². The van der Waals surface area contributed by atoms with Crippen LogP contribution in [0.2, 0.25) is 0 Å². The lowest BCUT2D eigenvalue weighted by Gasteiger charge is -2.04. The summed E-state index contributed by atoms with van der Waals surface area (Å²) in [7, 11) is 0. The fraction of sp³-hybridized carbons (Fsp3) is 0.385. The van der Waals surface area contributed by atoms with Gasteiger partial charge in [0.15, 0.2) is 5.58 Å². The molecular formula is C13H16N2O4. The highest BCUT2D eigenvalue weighted by atomic mass is 16.5. The van der Waals surface area contributed by atoms with Crippen molar-refractivity contribution >= 4 is 17.1 Å². The van der Waals surface area contributed by atoms with E-state index >= 15 is 0 Å². The van der Waals surface area contributed by atoms with Crippen LogP contribution in [0.5, 0.6) is 0 Å². The summed E-state index contributed by atoms with van der Waals surface area (Å²) in [6, 6.07) is 5.52. The maximum absolute atomic E-state index is 11.1. The largest absolute Gasteiger partial charge is 0.465 e. The van der Waals surface area contributed by atoms with Crippen LogP contribution >= 0.6 is 0 Å². The smallest absolute Gasteiger partial charge is 0.417 e. The molecule has 0 unspecified atom stereocenters. The first kappa shape index (κ1) is 13.4. The molecule has 102 valence electrons. The second-order valence-corrected chi connectivity index (χ2v) is 4.08. The summed E-state index contributed by atoms with van der Waals surface area (Å²) in [5.41, 5.74) is 2.29. The molecule has 0 spiro atoms. The van der Waals surface area contributed by atoms with Gasteiger partial charge in [-0.3, -0.25) is 9.78 Å². The zero-order valence-electron chi connectivity index (χ0n) is 10.7. The van der Waals surface area contributed by atoms with Crippen LogP contribution in [0.1, 0.15) is 12.5 Å². The topological polar surface area (TPSA) is 84.3 Å². The van der Waals surface area contributed by atoms with Gasteiger partial charge in [0.05, 0.1) is 18.7 Å². The molecule has 19 heavy (non-hydrogen) atoms. The second kappa shape index (κ2) is 6.19. The molecule has 0 aliphatic carbocycles. The summed E-state index contributed by atoms with van der Waals surface area (Å²) in [5, 5.41) is 3.00. The molecule has 1 aromatic heterocycles. The van der Waals surface area contributed by atoms with E-state index in [-0.39, 0.29) is 12.5 Å². The van der Waals surface area contributed by atoms with Crippen molar-refractivity contribution in [1.82, 2.24) is 10.3 Å². The van der Waals surface area contributed by atoms with E-state index in [9.17, 15) is 9.59 Å². The molecule has 0 atom stereocenters. The van der Waals surface area contributed by atoms with Crippen molar-refractivity contribution in [3.05, 3.63) is 34.3 Å². The standard InChI is InChI=1S/C13H16N2O4/c1-2-18-12(16)8-14-6-5-9-3-4-11-10(7-9)15-13(17)19-11/h3-4,7,14H,2,5-6,8H2,1H3,(H,15,17). The van der Waals surface area contributed by atoms with E-state index in [0.29, 0.717) is 24.3 Å². The molecule has 0 bridgehead atoms. The summed E-state index contributed by atoms with van der Waals surface area (Å²) in [4.78, 5) is 24.7. The molecular weight excluding hydrogens is 248 g/mol. The summed E-state index contributed by atoms with van der Waals surface area (Å²) in [6.07, 6.45) is 0.753. The Balaban J connectivity index is 1.84. The lowest BCUT2D eigenvalue weighted by molar-refractivity contribution is -0.141. The number of rotatable bonds is 6. The Morgan fingerprint density at radius 2 is 2.32 bits per heavy atom. The maximum atomic E-state index is 11.1. The van der Waals surface area contributed by atoms with Gasteiger partial charge >= 0.3 is 11.7 Å². The Morgan fingerprint density at radius 3 is 3.11 bits per heavy atom. The number of aromatic amines is 1. The van der Waals surface area contributed by atoms with Gasteiger partial charge in [0.2, 0.25) is 0 Å². The quantitative estimate of drug-likeness (QED) is 0.596. The molecule has 2 N–H and O–H groups in total. The van der Waals surface area contributed by atoms with E-state index in [4.69, 9.17) is 9.15 Å². The van der Waals surface area contributed by atoms with Crippen LogP contribution in [-0.2, 0) is 16.0 Å². The predicted octanol–water partition coefficient (Wildman–Crippen LogP) is 0.816. The molecule has 0 saturated carbocycles. The highest BCUT2D eigenvalue weighted by molar-refractivity contribution is 5.73. The third kappa shape index (κ3) is 3.69. The van der Waals surface area contributed by atoms with Gasteiger partial charge in [-0.15, -0.1) is 0 Å². The lowest BCUT2D eigenvalue weighted by Crippen LogP contribution is -2.26. The molecule has 1 aromatic carbocycles. The van der Waals surface area contributed by atoms with Crippen LogP contribution in [0.4, 0.5) is 0 Å². The zero-order valence-corrected chi connectivity index (χ0v) is 10.7. The molecule has 1 heterocycles. The van der Waals surface area contributed by atoms with Crippen molar-refractivity contribution < 1.29 is 13.9 Å². The number of hydrogen-bond acceptors (Lipinski definition) is 5. The number of benzene rings is 1. The third-order valence-corrected chi connectivity index (χ3v) is 2.65. The van der Waals surface area contributed by atoms with Gasteiger partial charge in [-0.05, 0) is 37.6 Å². The molecule has 2 rings (SSSR count). The Labute approximate surface area is 109 Å². The molecule has 0 radical (unpaired) electrons. The van der Waals surface area contributed by atoms with Gasteiger partial charge in [0.1, 0.15) is 0 Å². The number of H-pyrrole nitrogens is 1. The maximum Gasteiger partial charge on any atom is 0.417 e. The average molecular weight is 264 g/mol. The average Bonchev–Trinajstić information content (AvgIpc) is 2.74. The molecule has 2 aromatic rings. The number of oxazole rings is 1. The minimum absolute atomic E-state index is 0.207. The van der Waals surface area contributed by atoms with Gasteiger partial charge in [0, 0.05) is 0 Å². The number of ether oxygens (including phenoxy) is 1. The van der Waals surface area contributed by atoms with Gasteiger partial charge in [-0.25, -0.2) is 4.79 Å². The number of nitrogens with one attached hydrogen (secondary N) is 2. The summed E-state index contributed by atoms with van der Waals surface area (Å²) in [6.45, 7) is 3.04. The Kier molecular flexibility index (Phi) is 4.35. The van der Waals surface area contributed by atoms with Crippen LogP contribution in [0.25, 0.3) is 11.1 Å². The molecule has 6 heteroatoms. The minimum Gasteiger partial charge on any atom is -0.465 e. The van der Waals surface area contributed by atoms with E-state index in [1.807, 2.05) is 12.1 Å². The molecule has 6 nitrogen and oxygen atoms in total. The van der Waals surface area contributed by atoms with Crippen molar-refractivity contribution in [2.24, 2.45) is 0 Å². The monoisotopic (exact) mass is 264 g/mol. The van der Waals surface area contributed by atoms with Crippen LogP contribution in [-0.4, -0.2) is 30.6 Å². The predicted molar refractivity (Wildman–Crippen MR) is 70.0 cm³/mol. The highest BCUT2D eigenvalue weighted by Gasteiger charge is 2.03. The van der Waals surface area contributed by atoms with Gasteiger partial charge in [0.25, 0.3) is 0 Å². The van der Waals surface area contributed by atoms with Crippen molar-refractivity contribution in [3.8, 4) is 0 Å². The van der Waals surface area contributed by atoms with Crippen LogP contribution in [0.3, 0.4) is 0 Å². The van der Waals surface area contributed by atoms with Crippen LogP contribution in [0, 0.1) is 0 Å². The van der Waals surface area contributed by atoms with Crippen LogP contribution < -0.4 is 11.1 Å². The summed E-state index contributed by atoms with van der Waals surface area (Å²) >= 11 is 0. The van der Waals surface area contributed by atoms with Crippen molar-refractivity contribution in [2.45, 2.75) is 13.3 Å². The first-order valence-corrected chi connectivity index (χ1v) is 6.17. The molecule has 0 amide bonds. The van der Waals surface area contributed by atoms with Crippen molar-refractivity contribution in [1.29, 1.82) is 0 Å². The fourth-order valence-corrected chi connectivity index (χ4v) is 1.79. The Hall–Kier alpha value is -2.08. The first-order chi connectivity index (χ1) is 9.19. The highest BCUT2D eigenvalue weighted by Crippen LogP contribution is 2.12. The summed E-state index contributed by atoms with van der Waals surface area (Å²) < 4.78 is 9.72. The SMILES string of the molecule is CCOC(=O)CNCCc1ccc2oc(=O)[nH]c2c1. The van der Waals surface area contributed by atoms with Gasteiger partial charge in [-0.2, -0.15) is 0 Å². The number of fused-ring (bicyclic) bond motifs is 1. The first-order valence-electron chi connectivity index (χ1n) is 6.17. The number of hydrogen-bond donors (Lipinski definition) is 2. The van der Waals surface area contributed by atoms with Gasteiger partial charge < -0.3 is 14.5 Å². The zero-order chi connectivity index (χ0) is 13.7. The number of aromatic nitrogens is 1. The second-order valence-electron chi connectivity index (χ2n) is 4.08. The number of esters is 1. The summed E-state index contributed by atoms with van der Waals surface area (Å²) in [5.74, 6) is -0.704. The van der Waals surface area contributed by atoms with Gasteiger partial charge in [-0.1, -0.05) is 6.07 Å². The Bertz CT molecular complexity index is 614. The van der Waals surface area contributed by atoms with E-state index in [0.717, 1.165) is 12.0 Å². The molecule has 0 aliphatic rings. The molecule has 0 aliphatic heterocycles. The van der Waals surface area contributed by atoms with E-state index in [2.05, 4.69) is 10.3 Å². The fourth-order valence-electron chi connectivity index (χ4n) is 1.79. The third-order valence-electron chi connectivity index (χ3n) is 2.65.